The van der Waals surface area contributed by atoms with Crippen LogP contribution in [0.15, 0.2) is 30.3 Å². The van der Waals surface area contributed by atoms with Gasteiger partial charge in [-0.2, -0.15) is 0 Å². The summed E-state index contributed by atoms with van der Waals surface area (Å²) in [6.07, 6.45) is 11.6. The van der Waals surface area contributed by atoms with Crippen molar-refractivity contribution >= 4 is 17.7 Å². The summed E-state index contributed by atoms with van der Waals surface area (Å²) < 4.78 is 9.79. The monoisotopic (exact) mass is 363 g/mol. The van der Waals surface area contributed by atoms with E-state index in [4.69, 9.17) is 4.74 Å². The first-order valence-electron chi connectivity index (χ1n) is 9.78. The highest BCUT2D eigenvalue weighted by Gasteiger charge is 2.02. The Kier molecular flexibility index (Phi) is 12.9. The van der Waals surface area contributed by atoms with Gasteiger partial charge in [0.25, 0.3) is 0 Å². The highest BCUT2D eigenvalue weighted by atomic mass is 16.5. The Morgan fingerprint density at radius 1 is 0.808 bits per heavy atom. The number of benzene rings is 1. The smallest absolute Gasteiger partial charge is 0.411 e. The topological polar surface area (TPSA) is 64.6 Å². The summed E-state index contributed by atoms with van der Waals surface area (Å²) in [6.45, 7) is 0.471. The largest absolute Gasteiger partial charge is 0.469 e. The Labute approximate surface area is 157 Å². The van der Waals surface area contributed by atoms with Gasteiger partial charge in [-0.15, -0.1) is 0 Å². The Balaban J connectivity index is 1.81. The van der Waals surface area contributed by atoms with Gasteiger partial charge in [0.05, 0.1) is 13.7 Å². The van der Waals surface area contributed by atoms with Crippen molar-refractivity contribution in [1.82, 2.24) is 0 Å². The molecule has 5 nitrogen and oxygen atoms in total. The molecule has 0 aliphatic rings. The third-order valence-electron chi connectivity index (χ3n) is 4.26. The van der Waals surface area contributed by atoms with Crippen LogP contribution in [-0.4, -0.2) is 25.8 Å². The van der Waals surface area contributed by atoms with Gasteiger partial charge in [0.2, 0.25) is 0 Å². The number of hydrogen-bond acceptors (Lipinski definition) is 4. The summed E-state index contributed by atoms with van der Waals surface area (Å²) in [7, 11) is 1.44. The van der Waals surface area contributed by atoms with Crippen molar-refractivity contribution in [3.8, 4) is 0 Å². The highest BCUT2D eigenvalue weighted by Crippen LogP contribution is 2.12. The summed E-state index contributed by atoms with van der Waals surface area (Å²) in [6, 6.07) is 9.32. The van der Waals surface area contributed by atoms with Gasteiger partial charge >= 0.3 is 12.1 Å². The van der Waals surface area contributed by atoms with Crippen molar-refractivity contribution in [3.05, 3.63) is 30.3 Å². The number of methoxy groups -OCH3 is 1. The average Bonchev–Trinajstić information content (AvgIpc) is 2.66. The molecule has 5 heteroatoms. The van der Waals surface area contributed by atoms with Crippen LogP contribution in [0.5, 0.6) is 0 Å². The summed E-state index contributed by atoms with van der Waals surface area (Å²) in [4.78, 5) is 22.6. The van der Waals surface area contributed by atoms with Crippen molar-refractivity contribution in [3.63, 3.8) is 0 Å². The number of amides is 1. The number of rotatable bonds is 14. The number of para-hydroxylation sites is 1. The molecule has 1 amide bonds. The molecule has 0 fully saturated rings. The molecule has 1 N–H and O–H groups in total. The molecule has 1 rings (SSSR count). The van der Waals surface area contributed by atoms with Crippen molar-refractivity contribution in [2.24, 2.45) is 0 Å². The second kappa shape index (κ2) is 15.2. The minimum Gasteiger partial charge on any atom is -0.469 e. The van der Waals surface area contributed by atoms with Gasteiger partial charge in [0.15, 0.2) is 0 Å². The van der Waals surface area contributed by atoms with Crippen molar-refractivity contribution < 1.29 is 19.1 Å². The van der Waals surface area contributed by atoms with Crippen LogP contribution >= 0.6 is 0 Å². The third kappa shape index (κ3) is 12.3. The van der Waals surface area contributed by atoms with Gasteiger partial charge in [-0.25, -0.2) is 4.79 Å². The second-order valence-corrected chi connectivity index (χ2v) is 6.49. The van der Waals surface area contributed by atoms with Crippen molar-refractivity contribution in [2.45, 2.75) is 70.6 Å². The van der Waals surface area contributed by atoms with Crippen LogP contribution in [0.25, 0.3) is 0 Å². The van der Waals surface area contributed by atoms with E-state index in [1.165, 1.54) is 45.6 Å². The standard InChI is InChI=1S/C21H33NO4/c1-25-20(23)17-13-8-6-4-2-3-5-7-9-14-18-26-21(24)22-19-15-11-10-12-16-19/h10-12,15-16H,2-9,13-14,17-18H2,1H3,(H,22,24). The summed E-state index contributed by atoms with van der Waals surface area (Å²) in [5.74, 6) is -0.105. The van der Waals surface area contributed by atoms with Crippen LogP contribution in [0.1, 0.15) is 70.6 Å². The van der Waals surface area contributed by atoms with Gasteiger partial charge in [0, 0.05) is 12.1 Å². The molecule has 0 aliphatic heterocycles. The van der Waals surface area contributed by atoms with E-state index < -0.39 is 0 Å². The molecule has 0 saturated carbocycles. The molecule has 0 heterocycles. The first kappa shape index (κ1) is 22.0. The Bertz CT molecular complexity index is 490. The lowest BCUT2D eigenvalue weighted by Crippen LogP contribution is -2.14. The zero-order chi connectivity index (χ0) is 18.9. The van der Waals surface area contributed by atoms with E-state index in [0.717, 1.165) is 31.4 Å². The highest BCUT2D eigenvalue weighted by molar-refractivity contribution is 5.84. The molecule has 0 atom stereocenters. The number of carbonyl (C=O) groups is 2. The lowest BCUT2D eigenvalue weighted by molar-refractivity contribution is -0.140. The van der Waals surface area contributed by atoms with E-state index in [-0.39, 0.29) is 12.1 Å². The van der Waals surface area contributed by atoms with Gasteiger partial charge in [-0.1, -0.05) is 69.6 Å². The minimum atomic E-state index is -0.386. The van der Waals surface area contributed by atoms with E-state index in [1.54, 1.807) is 0 Å². The molecule has 0 bridgehead atoms. The maximum absolute atomic E-state index is 11.6. The SMILES string of the molecule is COC(=O)CCCCCCCCCCCCOC(=O)Nc1ccccc1. The minimum absolute atomic E-state index is 0.105. The number of esters is 1. The number of nitrogens with one attached hydrogen (secondary N) is 1. The molecule has 0 radical (unpaired) electrons. The normalized spacial score (nSPS) is 10.3. The molecule has 1 aromatic rings. The number of carbonyl (C=O) groups excluding carboxylic acids is 2. The quantitative estimate of drug-likeness (QED) is 0.340. The molecule has 0 aromatic heterocycles. The first-order chi connectivity index (χ1) is 12.7. The van der Waals surface area contributed by atoms with Crippen LogP contribution in [0.2, 0.25) is 0 Å². The molecular formula is C21H33NO4. The predicted molar refractivity (Wildman–Crippen MR) is 104 cm³/mol. The van der Waals surface area contributed by atoms with Crippen molar-refractivity contribution in [2.75, 3.05) is 19.0 Å². The van der Waals surface area contributed by atoms with Crippen LogP contribution in [0.3, 0.4) is 0 Å². The zero-order valence-corrected chi connectivity index (χ0v) is 16.0. The summed E-state index contributed by atoms with van der Waals surface area (Å²) in [5, 5.41) is 2.70. The molecular weight excluding hydrogens is 330 g/mol. The number of hydrogen-bond donors (Lipinski definition) is 1. The molecule has 26 heavy (non-hydrogen) atoms. The molecule has 0 saturated heterocycles. The van der Waals surface area contributed by atoms with Gasteiger partial charge in [-0.3, -0.25) is 10.1 Å². The average molecular weight is 363 g/mol. The maximum atomic E-state index is 11.6. The van der Waals surface area contributed by atoms with Crippen molar-refractivity contribution in [1.29, 1.82) is 0 Å². The fourth-order valence-electron chi connectivity index (χ4n) is 2.73. The summed E-state index contributed by atoms with van der Waals surface area (Å²) in [5.41, 5.74) is 0.753. The maximum Gasteiger partial charge on any atom is 0.411 e. The van der Waals surface area contributed by atoms with Gasteiger partial charge in [-0.05, 0) is 25.0 Å². The van der Waals surface area contributed by atoms with E-state index in [0.29, 0.717) is 13.0 Å². The van der Waals surface area contributed by atoms with E-state index >= 15 is 0 Å². The summed E-state index contributed by atoms with van der Waals surface area (Å²) >= 11 is 0. The van der Waals surface area contributed by atoms with Crippen LogP contribution in [0, 0.1) is 0 Å². The van der Waals surface area contributed by atoms with Crippen LogP contribution in [0.4, 0.5) is 10.5 Å². The number of anilines is 1. The lowest BCUT2D eigenvalue weighted by atomic mass is 10.1. The second-order valence-electron chi connectivity index (χ2n) is 6.49. The van der Waals surface area contributed by atoms with Gasteiger partial charge in [0.1, 0.15) is 0 Å². The molecule has 146 valence electrons. The van der Waals surface area contributed by atoms with Gasteiger partial charge < -0.3 is 9.47 Å². The molecule has 1 aromatic carbocycles. The molecule has 0 aliphatic carbocycles. The molecule has 0 spiro atoms. The fourth-order valence-corrected chi connectivity index (χ4v) is 2.73. The van der Waals surface area contributed by atoms with E-state index in [1.807, 2.05) is 30.3 Å². The Morgan fingerprint density at radius 2 is 1.35 bits per heavy atom. The van der Waals surface area contributed by atoms with Crippen LogP contribution < -0.4 is 5.32 Å². The van der Waals surface area contributed by atoms with Crippen LogP contribution in [-0.2, 0) is 14.3 Å². The third-order valence-corrected chi connectivity index (χ3v) is 4.26. The molecule has 0 unspecified atom stereocenters. The number of unbranched alkanes of at least 4 members (excludes halogenated alkanes) is 9. The first-order valence-corrected chi connectivity index (χ1v) is 9.78. The number of ether oxygens (including phenoxy) is 2. The van der Waals surface area contributed by atoms with E-state index in [9.17, 15) is 9.59 Å². The van der Waals surface area contributed by atoms with E-state index in [2.05, 4.69) is 10.1 Å². The Hall–Kier alpha value is -2.04. The predicted octanol–water partition coefficient (Wildman–Crippen LogP) is 5.70. The Morgan fingerprint density at radius 3 is 1.92 bits per heavy atom. The fraction of sp³-hybridized carbons (Fsp3) is 0.619. The lowest BCUT2D eigenvalue weighted by Gasteiger charge is -2.07. The zero-order valence-electron chi connectivity index (χ0n) is 16.0.